The van der Waals surface area contributed by atoms with Crippen molar-refractivity contribution in [3.05, 3.63) is 28.2 Å². The zero-order valence-corrected chi connectivity index (χ0v) is 14.1. The number of hydrogen-bond acceptors (Lipinski definition) is 2. The van der Waals surface area contributed by atoms with Crippen LogP contribution in [-0.4, -0.2) is 13.6 Å². The Kier molecular flexibility index (Phi) is 4.09. The maximum atomic E-state index is 5.95. The van der Waals surface area contributed by atoms with Crippen LogP contribution in [0.4, 0.5) is 5.69 Å². The SMILES string of the molecule is C[C@@H](N)c1ccc(N(C)CC2CC3CCC2C3)c(Br)c1. The fourth-order valence-electron chi connectivity index (χ4n) is 4.17. The van der Waals surface area contributed by atoms with Gasteiger partial charge in [0, 0.05) is 24.1 Å². The van der Waals surface area contributed by atoms with Gasteiger partial charge in [0.15, 0.2) is 0 Å². The van der Waals surface area contributed by atoms with E-state index >= 15 is 0 Å². The summed E-state index contributed by atoms with van der Waals surface area (Å²) < 4.78 is 1.16. The molecule has 110 valence electrons. The van der Waals surface area contributed by atoms with Crippen molar-refractivity contribution >= 4 is 21.6 Å². The Labute approximate surface area is 130 Å². The first kappa shape index (κ1) is 14.4. The van der Waals surface area contributed by atoms with Gasteiger partial charge in [0.1, 0.15) is 0 Å². The van der Waals surface area contributed by atoms with Crippen LogP contribution in [0.2, 0.25) is 0 Å². The van der Waals surface area contributed by atoms with Gasteiger partial charge in [-0.25, -0.2) is 0 Å². The number of nitrogens with two attached hydrogens (primary N) is 1. The Hall–Kier alpha value is -0.540. The molecule has 3 rings (SSSR count). The van der Waals surface area contributed by atoms with Crippen molar-refractivity contribution in [3.63, 3.8) is 0 Å². The molecule has 20 heavy (non-hydrogen) atoms. The molecule has 0 heterocycles. The molecule has 0 saturated heterocycles. The molecule has 0 radical (unpaired) electrons. The van der Waals surface area contributed by atoms with Crippen molar-refractivity contribution < 1.29 is 0 Å². The van der Waals surface area contributed by atoms with Gasteiger partial charge in [0.05, 0.1) is 5.69 Å². The monoisotopic (exact) mass is 336 g/mol. The zero-order chi connectivity index (χ0) is 14.3. The van der Waals surface area contributed by atoms with Crippen LogP contribution in [0.25, 0.3) is 0 Å². The average molecular weight is 337 g/mol. The van der Waals surface area contributed by atoms with Gasteiger partial charge in [-0.05, 0) is 77.6 Å². The minimum absolute atomic E-state index is 0.0937. The van der Waals surface area contributed by atoms with Gasteiger partial charge < -0.3 is 10.6 Å². The molecule has 1 aromatic rings. The van der Waals surface area contributed by atoms with E-state index in [1.54, 1.807) is 0 Å². The van der Waals surface area contributed by atoms with Gasteiger partial charge >= 0.3 is 0 Å². The van der Waals surface area contributed by atoms with Crippen LogP contribution >= 0.6 is 15.9 Å². The highest BCUT2D eigenvalue weighted by atomic mass is 79.9. The molecular formula is C17H25BrN2. The topological polar surface area (TPSA) is 29.3 Å². The molecular weight excluding hydrogens is 312 g/mol. The quantitative estimate of drug-likeness (QED) is 0.885. The molecule has 0 aliphatic heterocycles. The Bertz CT molecular complexity index is 486. The summed E-state index contributed by atoms with van der Waals surface area (Å²) in [6, 6.07) is 6.62. The average Bonchev–Trinajstić information content (AvgIpc) is 3.00. The van der Waals surface area contributed by atoms with Crippen molar-refractivity contribution in [2.45, 2.75) is 38.6 Å². The second kappa shape index (κ2) is 5.69. The highest BCUT2D eigenvalue weighted by Gasteiger charge is 2.39. The van der Waals surface area contributed by atoms with Crippen LogP contribution in [0.3, 0.4) is 0 Å². The van der Waals surface area contributed by atoms with Crippen molar-refractivity contribution in [1.29, 1.82) is 0 Å². The van der Waals surface area contributed by atoms with E-state index < -0.39 is 0 Å². The number of nitrogens with zero attached hydrogens (tertiary/aromatic N) is 1. The minimum Gasteiger partial charge on any atom is -0.373 e. The summed E-state index contributed by atoms with van der Waals surface area (Å²) in [5.74, 6) is 2.92. The minimum atomic E-state index is 0.0937. The Morgan fingerprint density at radius 2 is 2.15 bits per heavy atom. The Morgan fingerprint density at radius 3 is 2.70 bits per heavy atom. The highest BCUT2D eigenvalue weighted by molar-refractivity contribution is 9.10. The molecule has 2 nitrogen and oxygen atoms in total. The molecule has 1 aromatic carbocycles. The lowest BCUT2D eigenvalue weighted by Gasteiger charge is -2.29. The van der Waals surface area contributed by atoms with Crippen LogP contribution in [0.5, 0.6) is 0 Å². The maximum Gasteiger partial charge on any atom is 0.0508 e. The van der Waals surface area contributed by atoms with E-state index in [1.165, 1.54) is 43.5 Å². The van der Waals surface area contributed by atoms with Crippen LogP contribution in [0, 0.1) is 17.8 Å². The summed E-state index contributed by atoms with van der Waals surface area (Å²) in [6.07, 6.45) is 5.89. The van der Waals surface area contributed by atoms with Gasteiger partial charge in [0.25, 0.3) is 0 Å². The van der Waals surface area contributed by atoms with Crippen LogP contribution in [0.15, 0.2) is 22.7 Å². The van der Waals surface area contributed by atoms with Gasteiger partial charge in [-0.15, -0.1) is 0 Å². The van der Waals surface area contributed by atoms with Crippen LogP contribution in [0.1, 0.15) is 44.2 Å². The van der Waals surface area contributed by atoms with Gasteiger partial charge in [-0.2, -0.15) is 0 Å². The first-order valence-corrected chi connectivity index (χ1v) is 8.60. The predicted molar refractivity (Wildman–Crippen MR) is 89.0 cm³/mol. The van der Waals surface area contributed by atoms with Gasteiger partial charge in [-0.1, -0.05) is 12.5 Å². The number of benzene rings is 1. The fraction of sp³-hybridized carbons (Fsp3) is 0.647. The smallest absolute Gasteiger partial charge is 0.0508 e. The lowest BCUT2D eigenvalue weighted by atomic mass is 9.88. The van der Waals surface area contributed by atoms with Crippen LogP contribution in [-0.2, 0) is 0 Å². The number of hydrogen-bond donors (Lipinski definition) is 1. The molecule has 2 bridgehead atoms. The fourth-order valence-corrected chi connectivity index (χ4v) is 4.87. The molecule has 2 fully saturated rings. The van der Waals surface area contributed by atoms with Crippen molar-refractivity contribution in [3.8, 4) is 0 Å². The van der Waals surface area contributed by atoms with Crippen LogP contribution < -0.4 is 10.6 Å². The lowest BCUT2D eigenvalue weighted by molar-refractivity contribution is 0.337. The third-order valence-corrected chi connectivity index (χ3v) is 5.94. The van der Waals surface area contributed by atoms with Gasteiger partial charge in [0.2, 0.25) is 0 Å². The standard InChI is InChI=1S/C17H25BrN2/c1-11(19)13-5-6-17(16(18)9-13)20(2)10-15-8-12-3-4-14(15)7-12/h5-6,9,11-12,14-15H,3-4,7-8,10,19H2,1-2H3/t11-,12?,14?,15?/m1/s1. The van der Waals surface area contributed by atoms with Crippen molar-refractivity contribution in [2.75, 3.05) is 18.5 Å². The van der Waals surface area contributed by atoms with E-state index in [4.69, 9.17) is 5.73 Å². The zero-order valence-electron chi connectivity index (χ0n) is 12.5. The summed E-state index contributed by atoms with van der Waals surface area (Å²) in [6.45, 7) is 3.22. The molecule has 0 amide bonds. The summed E-state index contributed by atoms with van der Waals surface area (Å²) in [5, 5.41) is 0. The van der Waals surface area contributed by atoms with Gasteiger partial charge in [-0.3, -0.25) is 0 Å². The molecule has 3 unspecified atom stereocenters. The summed E-state index contributed by atoms with van der Waals surface area (Å²) in [4.78, 5) is 2.42. The largest absolute Gasteiger partial charge is 0.373 e. The molecule has 0 aromatic heterocycles. The Morgan fingerprint density at radius 1 is 1.35 bits per heavy atom. The second-order valence-corrected chi connectivity index (χ2v) is 7.67. The highest BCUT2D eigenvalue weighted by Crippen LogP contribution is 2.48. The number of halogens is 1. The van der Waals surface area contributed by atoms with E-state index in [-0.39, 0.29) is 6.04 Å². The molecule has 4 atom stereocenters. The molecule has 2 N–H and O–H groups in total. The van der Waals surface area contributed by atoms with E-state index in [1.807, 2.05) is 6.92 Å². The molecule has 3 heteroatoms. The molecule has 2 aliphatic carbocycles. The molecule has 0 spiro atoms. The first-order chi connectivity index (χ1) is 9.54. The summed E-state index contributed by atoms with van der Waals surface area (Å²) >= 11 is 3.71. The third-order valence-electron chi connectivity index (χ3n) is 5.30. The third kappa shape index (κ3) is 2.75. The Balaban J connectivity index is 1.69. The van der Waals surface area contributed by atoms with E-state index in [0.717, 1.165) is 22.2 Å². The maximum absolute atomic E-state index is 5.95. The molecule has 2 aliphatic rings. The molecule has 2 saturated carbocycles. The summed E-state index contributed by atoms with van der Waals surface area (Å²) in [5.41, 5.74) is 8.43. The van der Waals surface area contributed by atoms with E-state index in [0.29, 0.717) is 0 Å². The normalized spacial score (nSPS) is 29.7. The van der Waals surface area contributed by atoms with E-state index in [9.17, 15) is 0 Å². The number of rotatable bonds is 4. The lowest BCUT2D eigenvalue weighted by Crippen LogP contribution is -2.28. The van der Waals surface area contributed by atoms with Crippen molar-refractivity contribution in [2.24, 2.45) is 23.5 Å². The van der Waals surface area contributed by atoms with E-state index in [2.05, 4.69) is 46.1 Å². The summed E-state index contributed by atoms with van der Waals surface area (Å²) in [7, 11) is 2.22. The first-order valence-electron chi connectivity index (χ1n) is 7.80. The predicted octanol–water partition coefficient (Wildman–Crippen LogP) is 4.34. The number of fused-ring (bicyclic) bond motifs is 2. The van der Waals surface area contributed by atoms with Crippen molar-refractivity contribution in [1.82, 2.24) is 0 Å². The second-order valence-electron chi connectivity index (χ2n) is 6.81. The number of anilines is 1.